The lowest BCUT2D eigenvalue weighted by molar-refractivity contribution is 0.473. The summed E-state index contributed by atoms with van der Waals surface area (Å²) in [5, 5.41) is 13.0. The molecular weight excluding hydrogens is 354 g/mol. The van der Waals surface area contributed by atoms with Crippen LogP contribution in [0.1, 0.15) is 18.9 Å². The summed E-state index contributed by atoms with van der Waals surface area (Å²) in [6, 6.07) is 18.1. The minimum Gasteiger partial charge on any atom is -0.508 e. The van der Waals surface area contributed by atoms with Crippen molar-refractivity contribution < 1.29 is 5.11 Å². The van der Waals surface area contributed by atoms with Crippen molar-refractivity contribution in [3.63, 3.8) is 0 Å². The fraction of sp³-hybridized carbons (Fsp3) is 0.409. The molecule has 1 fully saturated rings. The lowest BCUT2D eigenvalue weighted by Gasteiger charge is -2.21. The van der Waals surface area contributed by atoms with Crippen LogP contribution in [-0.2, 0) is 6.42 Å². The minimum atomic E-state index is 0.321. The largest absolute Gasteiger partial charge is 0.508 e. The quantitative estimate of drug-likeness (QED) is 0.431. The van der Waals surface area contributed by atoms with Crippen LogP contribution in [0.4, 0.5) is 0 Å². The average Bonchev–Trinajstić information content (AvgIpc) is 3.15. The summed E-state index contributed by atoms with van der Waals surface area (Å²) < 4.78 is 0. The number of hydrogen-bond donors (Lipinski definition) is 2. The van der Waals surface area contributed by atoms with Gasteiger partial charge in [-0.05, 0) is 55.5 Å². The maximum atomic E-state index is 9.58. The van der Waals surface area contributed by atoms with Gasteiger partial charge in [0.05, 0.1) is 0 Å². The van der Waals surface area contributed by atoms with Crippen molar-refractivity contribution in [1.29, 1.82) is 0 Å². The highest BCUT2D eigenvalue weighted by Gasteiger charge is 2.24. The standard InChI is InChI=1S/C22H29N3OS/c1-2-23-22(24-13-11-18-7-6-8-20(26)15-18)25-14-12-19(16-25)17-27-21-9-4-3-5-10-21/h3-10,15,19,26H,2,11-14,16-17H2,1H3,(H,23,24). The zero-order chi connectivity index (χ0) is 18.9. The second-order valence-corrected chi connectivity index (χ2v) is 7.97. The van der Waals surface area contributed by atoms with E-state index in [1.165, 1.54) is 11.3 Å². The van der Waals surface area contributed by atoms with Gasteiger partial charge < -0.3 is 15.3 Å². The van der Waals surface area contributed by atoms with Crippen LogP contribution < -0.4 is 5.32 Å². The molecule has 27 heavy (non-hydrogen) atoms. The predicted molar refractivity (Wildman–Crippen MR) is 115 cm³/mol. The number of guanidine groups is 1. The highest BCUT2D eigenvalue weighted by molar-refractivity contribution is 7.99. The predicted octanol–water partition coefficient (Wildman–Crippen LogP) is 4.01. The van der Waals surface area contributed by atoms with E-state index in [4.69, 9.17) is 4.99 Å². The van der Waals surface area contributed by atoms with Gasteiger partial charge >= 0.3 is 0 Å². The molecule has 1 aliphatic heterocycles. The Morgan fingerprint density at radius 2 is 2.07 bits per heavy atom. The van der Waals surface area contributed by atoms with Crippen molar-refractivity contribution in [2.75, 3.05) is 31.9 Å². The van der Waals surface area contributed by atoms with Crippen molar-refractivity contribution >= 4 is 17.7 Å². The number of thioether (sulfide) groups is 1. The first-order valence-corrected chi connectivity index (χ1v) is 10.7. The molecular formula is C22H29N3OS. The third-order valence-electron chi connectivity index (χ3n) is 4.72. The molecule has 1 unspecified atom stereocenters. The summed E-state index contributed by atoms with van der Waals surface area (Å²) in [4.78, 5) is 8.56. The molecule has 2 aromatic carbocycles. The summed E-state index contributed by atoms with van der Waals surface area (Å²) >= 11 is 1.95. The van der Waals surface area contributed by atoms with E-state index < -0.39 is 0 Å². The number of phenolic OH excluding ortho intramolecular Hbond substituents is 1. The van der Waals surface area contributed by atoms with Crippen molar-refractivity contribution in [1.82, 2.24) is 10.2 Å². The normalized spacial score (nSPS) is 17.3. The molecule has 1 atom stereocenters. The summed E-state index contributed by atoms with van der Waals surface area (Å²) in [5.41, 5.74) is 1.12. The Balaban J connectivity index is 1.50. The number of benzene rings is 2. The summed E-state index contributed by atoms with van der Waals surface area (Å²) in [6.45, 7) is 5.86. The molecule has 1 heterocycles. The maximum absolute atomic E-state index is 9.58. The smallest absolute Gasteiger partial charge is 0.193 e. The van der Waals surface area contributed by atoms with Gasteiger partial charge in [-0.25, -0.2) is 0 Å². The second-order valence-electron chi connectivity index (χ2n) is 6.88. The molecule has 0 aliphatic carbocycles. The van der Waals surface area contributed by atoms with Crippen LogP contribution in [0, 0.1) is 5.92 Å². The van der Waals surface area contributed by atoms with Crippen LogP contribution >= 0.6 is 11.8 Å². The van der Waals surface area contributed by atoms with E-state index in [-0.39, 0.29) is 0 Å². The van der Waals surface area contributed by atoms with E-state index in [2.05, 4.69) is 47.5 Å². The van der Waals surface area contributed by atoms with Gasteiger partial charge in [0.15, 0.2) is 5.96 Å². The Morgan fingerprint density at radius 3 is 2.85 bits per heavy atom. The Hall–Kier alpha value is -2.14. The van der Waals surface area contributed by atoms with Gasteiger partial charge in [0.25, 0.3) is 0 Å². The van der Waals surface area contributed by atoms with Crippen LogP contribution in [-0.4, -0.2) is 47.9 Å². The molecule has 1 saturated heterocycles. The number of aromatic hydroxyl groups is 1. The molecule has 4 nitrogen and oxygen atoms in total. The third kappa shape index (κ3) is 6.21. The fourth-order valence-electron chi connectivity index (χ4n) is 3.32. The van der Waals surface area contributed by atoms with Crippen molar-refractivity contribution in [3.8, 4) is 5.75 Å². The van der Waals surface area contributed by atoms with Crippen molar-refractivity contribution in [3.05, 3.63) is 60.2 Å². The van der Waals surface area contributed by atoms with Gasteiger partial charge in [-0.1, -0.05) is 30.3 Å². The maximum Gasteiger partial charge on any atom is 0.193 e. The first kappa shape index (κ1) is 19.6. The molecule has 5 heteroatoms. The minimum absolute atomic E-state index is 0.321. The average molecular weight is 384 g/mol. The molecule has 2 N–H and O–H groups in total. The number of nitrogens with zero attached hydrogens (tertiary/aromatic N) is 2. The van der Waals surface area contributed by atoms with E-state index in [0.717, 1.165) is 49.9 Å². The molecule has 2 aromatic rings. The number of hydrogen-bond acceptors (Lipinski definition) is 3. The summed E-state index contributed by atoms with van der Waals surface area (Å²) in [7, 11) is 0. The summed E-state index contributed by atoms with van der Waals surface area (Å²) in [5.74, 6) is 3.19. The Labute approximate surface area is 166 Å². The van der Waals surface area contributed by atoms with Crippen LogP contribution in [0.3, 0.4) is 0 Å². The number of phenols is 1. The Morgan fingerprint density at radius 1 is 1.22 bits per heavy atom. The highest BCUT2D eigenvalue weighted by Crippen LogP contribution is 2.25. The van der Waals surface area contributed by atoms with Gasteiger partial charge in [0, 0.05) is 36.8 Å². The van der Waals surface area contributed by atoms with Gasteiger partial charge in [-0.2, -0.15) is 0 Å². The van der Waals surface area contributed by atoms with E-state index in [0.29, 0.717) is 11.7 Å². The zero-order valence-corrected chi connectivity index (χ0v) is 16.8. The van der Waals surface area contributed by atoms with Gasteiger partial charge in [-0.3, -0.25) is 4.99 Å². The third-order valence-corrected chi connectivity index (χ3v) is 5.97. The van der Waals surface area contributed by atoms with Crippen LogP contribution in [0.25, 0.3) is 0 Å². The first-order chi connectivity index (χ1) is 13.2. The molecule has 1 aliphatic rings. The van der Waals surface area contributed by atoms with E-state index in [9.17, 15) is 5.11 Å². The Bertz CT molecular complexity index is 735. The molecule has 0 aromatic heterocycles. The SMILES string of the molecule is CCNC(=NCCc1cccc(O)c1)N1CCC(CSc2ccccc2)C1. The number of rotatable bonds is 7. The lowest BCUT2D eigenvalue weighted by atomic mass is 10.1. The van der Waals surface area contributed by atoms with E-state index in [1.807, 2.05) is 30.0 Å². The van der Waals surface area contributed by atoms with Gasteiger partial charge in [0.2, 0.25) is 0 Å². The fourth-order valence-corrected chi connectivity index (χ4v) is 4.37. The monoisotopic (exact) mass is 383 g/mol. The van der Waals surface area contributed by atoms with Gasteiger partial charge in [-0.15, -0.1) is 11.8 Å². The molecule has 0 radical (unpaired) electrons. The zero-order valence-electron chi connectivity index (χ0n) is 16.0. The Kier molecular flexibility index (Phi) is 7.45. The lowest BCUT2D eigenvalue weighted by Crippen LogP contribution is -2.40. The molecule has 3 rings (SSSR count). The molecule has 0 bridgehead atoms. The second kappa shape index (κ2) is 10.3. The number of nitrogens with one attached hydrogen (secondary N) is 1. The first-order valence-electron chi connectivity index (χ1n) is 9.73. The topological polar surface area (TPSA) is 47.9 Å². The van der Waals surface area contributed by atoms with Crippen LogP contribution in [0.15, 0.2) is 64.5 Å². The van der Waals surface area contributed by atoms with E-state index >= 15 is 0 Å². The molecule has 0 amide bonds. The van der Waals surface area contributed by atoms with E-state index in [1.54, 1.807) is 6.07 Å². The van der Waals surface area contributed by atoms with Crippen molar-refractivity contribution in [2.24, 2.45) is 10.9 Å². The number of aliphatic imine (C=N–C) groups is 1. The summed E-state index contributed by atoms with van der Waals surface area (Å²) in [6.07, 6.45) is 2.06. The van der Waals surface area contributed by atoms with Gasteiger partial charge in [0.1, 0.15) is 5.75 Å². The van der Waals surface area contributed by atoms with Crippen molar-refractivity contribution in [2.45, 2.75) is 24.7 Å². The molecule has 0 spiro atoms. The number of likely N-dealkylation sites (tertiary alicyclic amines) is 1. The van der Waals surface area contributed by atoms with Crippen LogP contribution in [0.5, 0.6) is 5.75 Å². The molecule has 0 saturated carbocycles. The van der Waals surface area contributed by atoms with Crippen LogP contribution in [0.2, 0.25) is 0 Å². The highest BCUT2D eigenvalue weighted by atomic mass is 32.2. The molecule has 144 valence electrons.